The van der Waals surface area contributed by atoms with Crippen LogP contribution in [0.15, 0.2) is 67.0 Å². The summed E-state index contributed by atoms with van der Waals surface area (Å²) in [5.74, 6) is 0.842. The number of likely N-dealkylation sites (tertiary alicyclic amines) is 1. The maximum Gasteiger partial charge on any atom is 0.228 e. The fourth-order valence-electron chi connectivity index (χ4n) is 4.41. The number of carbonyl (C=O) groups excluding carboxylic acids is 1. The number of aryl methyl sites for hydroxylation is 1. The molecular weight excluding hydrogens is 398 g/mol. The molecule has 4 aromatic rings. The number of anilines is 1. The van der Waals surface area contributed by atoms with Gasteiger partial charge in [-0.3, -0.25) is 9.69 Å². The van der Waals surface area contributed by atoms with Gasteiger partial charge in [-0.15, -0.1) is 0 Å². The largest absolute Gasteiger partial charge is 0.355 e. The first-order chi connectivity index (χ1) is 15.6. The molecule has 1 atom stereocenters. The van der Waals surface area contributed by atoms with E-state index in [4.69, 9.17) is 0 Å². The number of rotatable bonds is 5. The molecule has 1 amide bonds. The highest BCUT2D eigenvalue weighted by Gasteiger charge is 2.26. The van der Waals surface area contributed by atoms with Gasteiger partial charge in [0.25, 0.3) is 0 Å². The van der Waals surface area contributed by atoms with Crippen LogP contribution in [0.4, 0.5) is 5.69 Å². The minimum Gasteiger partial charge on any atom is -0.355 e. The van der Waals surface area contributed by atoms with Crippen molar-refractivity contribution in [1.82, 2.24) is 19.9 Å². The normalized spacial score (nSPS) is 16.8. The fraction of sp³-hybridized carbons (Fsp3) is 0.269. The van der Waals surface area contributed by atoms with Crippen molar-refractivity contribution in [3.63, 3.8) is 0 Å². The number of hydrogen-bond acceptors (Lipinski definition) is 4. The Morgan fingerprint density at radius 1 is 1.12 bits per heavy atom. The number of carbonyl (C=O) groups is 1. The Hall–Kier alpha value is -3.51. The molecule has 0 radical (unpaired) electrons. The van der Waals surface area contributed by atoms with Gasteiger partial charge in [0.05, 0.1) is 5.92 Å². The third-order valence-electron chi connectivity index (χ3n) is 6.09. The Bertz CT molecular complexity index is 1200. The molecule has 2 N–H and O–H groups in total. The molecule has 0 spiro atoms. The van der Waals surface area contributed by atoms with Crippen LogP contribution in [-0.4, -0.2) is 38.8 Å². The first kappa shape index (κ1) is 20.4. The summed E-state index contributed by atoms with van der Waals surface area (Å²) < 4.78 is 0. The van der Waals surface area contributed by atoms with E-state index in [1.165, 1.54) is 5.39 Å². The Morgan fingerprint density at radius 2 is 1.97 bits per heavy atom. The lowest BCUT2D eigenvalue weighted by Crippen LogP contribution is -2.40. The Morgan fingerprint density at radius 3 is 2.81 bits per heavy atom. The fourth-order valence-corrected chi connectivity index (χ4v) is 4.41. The van der Waals surface area contributed by atoms with Crippen molar-refractivity contribution in [1.29, 1.82) is 0 Å². The first-order valence-electron chi connectivity index (χ1n) is 11.1. The average molecular weight is 426 g/mol. The summed E-state index contributed by atoms with van der Waals surface area (Å²) in [6, 6.07) is 18.4. The van der Waals surface area contributed by atoms with E-state index in [9.17, 15) is 4.79 Å². The van der Waals surface area contributed by atoms with Crippen molar-refractivity contribution in [2.75, 3.05) is 18.4 Å². The summed E-state index contributed by atoms with van der Waals surface area (Å²) in [5.41, 5.74) is 5.13. The highest BCUT2D eigenvalue weighted by molar-refractivity contribution is 5.94. The average Bonchev–Trinajstić information content (AvgIpc) is 3.25. The third-order valence-corrected chi connectivity index (χ3v) is 6.09. The monoisotopic (exact) mass is 425 g/mol. The minimum atomic E-state index is -0.0214. The standard InChI is InChI=1S/C26H27N5O/c1-18-27-14-19(15-28-18)16-31-11-5-8-22(17-31)26(32)29-23-9-4-7-20(12-23)25-13-21-6-2-3-10-24(21)30-25/h2-4,6-7,9-10,12-15,22,30H,5,8,11,16-17H2,1H3,(H,29,32)/t22-/m1/s1. The Kier molecular flexibility index (Phi) is 5.69. The molecule has 162 valence electrons. The van der Waals surface area contributed by atoms with Gasteiger partial charge in [-0.25, -0.2) is 9.97 Å². The van der Waals surface area contributed by atoms with Crippen LogP contribution < -0.4 is 5.32 Å². The molecular formula is C26H27N5O. The van der Waals surface area contributed by atoms with Crippen molar-refractivity contribution in [2.24, 2.45) is 5.92 Å². The van der Waals surface area contributed by atoms with E-state index in [0.717, 1.165) is 66.3 Å². The second-order valence-corrected chi connectivity index (χ2v) is 8.55. The van der Waals surface area contributed by atoms with E-state index in [1.54, 1.807) is 0 Å². The van der Waals surface area contributed by atoms with E-state index in [1.807, 2.05) is 49.6 Å². The number of aromatic nitrogens is 3. The molecule has 1 aliphatic rings. The van der Waals surface area contributed by atoms with Crippen LogP contribution in [0.3, 0.4) is 0 Å². The predicted molar refractivity (Wildman–Crippen MR) is 127 cm³/mol. The van der Waals surface area contributed by atoms with Crippen LogP contribution in [-0.2, 0) is 11.3 Å². The van der Waals surface area contributed by atoms with Gasteiger partial charge >= 0.3 is 0 Å². The van der Waals surface area contributed by atoms with Crippen molar-refractivity contribution >= 4 is 22.5 Å². The minimum absolute atomic E-state index is 0.0214. The molecule has 0 saturated carbocycles. The van der Waals surface area contributed by atoms with Gasteiger partial charge in [0.2, 0.25) is 5.91 Å². The third kappa shape index (κ3) is 4.55. The van der Waals surface area contributed by atoms with E-state index in [0.29, 0.717) is 0 Å². The van der Waals surface area contributed by atoms with Crippen LogP contribution in [0.1, 0.15) is 24.2 Å². The molecule has 1 saturated heterocycles. The van der Waals surface area contributed by atoms with Gasteiger partial charge in [0.15, 0.2) is 0 Å². The molecule has 32 heavy (non-hydrogen) atoms. The highest BCUT2D eigenvalue weighted by atomic mass is 16.1. The van der Waals surface area contributed by atoms with E-state index in [-0.39, 0.29) is 11.8 Å². The molecule has 6 heteroatoms. The number of nitrogens with zero attached hydrogens (tertiary/aromatic N) is 3. The van der Waals surface area contributed by atoms with Crippen molar-refractivity contribution in [3.8, 4) is 11.3 Å². The zero-order valence-corrected chi connectivity index (χ0v) is 18.2. The molecule has 0 aliphatic carbocycles. The molecule has 2 aromatic heterocycles. The number of fused-ring (bicyclic) bond motifs is 1. The van der Waals surface area contributed by atoms with E-state index < -0.39 is 0 Å². The maximum atomic E-state index is 13.0. The SMILES string of the molecule is Cc1ncc(CN2CCC[C@@H](C(=O)Nc3cccc(-c4cc5ccccc5[nH]4)c3)C2)cn1. The van der Waals surface area contributed by atoms with E-state index >= 15 is 0 Å². The van der Waals surface area contributed by atoms with Gasteiger partial charge in [0.1, 0.15) is 5.82 Å². The molecule has 0 bridgehead atoms. The Labute approximate surface area is 187 Å². The van der Waals surface area contributed by atoms with E-state index in [2.05, 4.69) is 49.4 Å². The summed E-state index contributed by atoms with van der Waals surface area (Å²) in [5, 5.41) is 4.32. The van der Waals surface area contributed by atoms with Gasteiger partial charge in [0, 0.05) is 58.9 Å². The van der Waals surface area contributed by atoms with Crippen LogP contribution >= 0.6 is 0 Å². The molecule has 1 fully saturated rings. The number of para-hydroxylation sites is 1. The van der Waals surface area contributed by atoms with Gasteiger partial charge in [-0.05, 0) is 50.6 Å². The molecule has 1 aliphatic heterocycles. The van der Waals surface area contributed by atoms with Gasteiger partial charge in [-0.1, -0.05) is 30.3 Å². The maximum absolute atomic E-state index is 13.0. The number of nitrogens with one attached hydrogen (secondary N) is 2. The van der Waals surface area contributed by atoms with Crippen molar-refractivity contribution in [3.05, 3.63) is 78.4 Å². The van der Waals surface area contributed by atoms with Gasteiger partial charge < -0.3 is 10.3 Å². The predicted octanol–water partition coefficient (Wildman–Crippen LogP) is 4.78. The summed E-state index contributed by atoms with van der Waals surface area (Å²) in [7, 11) is 0. The Balaban J connectivity index is 1.25. The smallest absolute Gasteiger partial charge is 0.228 e. The number of benzene rings is 2. The summed E-state index contributed by atoms with van der Waals surface area (Å²) in [4.78, 5) is 27.4. The molecule has 2 aromatic carbocycles. The summed E-state index contributed by atoms with van der Waals surface area (Å²) in [6.07, 6.45) is 5.68. The number of piperidine rings is 1. The van der Waals surface area contributed by atoms with Crippen LogP contribution in [0, 0.1) is 12.8 Å². The zero-order valence-electron chi connectivity index (χ0n) is 18.2. The van der Waals surface area contributed by atoms with Crippen molar-refractivity contribution < 1.29 is 4.79 Å². The van der Waals surface area contributed by atoms with Crippen LogP contribution in [0.5, 0.6) is 0 Å². The number of hydrogen-bond donors (Lipinski definition) is 2. The quantitative estimate of drug-likeness (QED) is 0.482. The molecule has 5 rings (SSSR count). The molecule has 0 unspecified atom stereocenters. The molecule has 3 heterocycles. The zero-order chi connectivity index (χ0) is 21.9. The summed E-state index contributed by atoms with van der Waals surface area (Å²) >= 11 is 0. The lowest BCUT2D eigenvalue weighted by molar-refractivity contribution is -0.121. The number of amides is 1. The lowest BCUT2D eigenvalue weighted by Gasteiger charge is -2.31. The highest BCUT2D eigenvalue weighted by Crippen LogP contribution is 2.27. The van der Waals surface area contributed by atoms with Crippen molar-refractivity contribution in [2.45, 2.75) is 26.3 Å². The number of H-pyrrole nitrogens is 1. The first-order valence-corrected chi connectivity index (χ1v) is 11.1. The molecule has 6 nitrogen and oxygen atoms in total. The topological polar surface area (TPSA) is 73.9 Å². The lowest BCUT2D eigenvalue weighted by atomic mass is 9.96. The number of aromatic amines is 1. The summed E-state index contributed by atoms with van der Waals surface area (Å²) in [6.45, 7) is 4.41. The second-order valence-electron chi connectivity index (χ2n) is 8.55. The van der Waals surface area contributed by atoms with Crippen LogP contribution in [0.25, 0.3) is 22.2 Å². The van der Waals surface area contributed by atoms with Crippen LogP contribution in [0.2, 0.25) is 0 Å². The van der Waals surface area contributed by atoms with Gasteiger partial charge in [-0.2, -0.15) is 0 Å². The second kappa shape index (κ2) is 8.93.